The zero-order chi connectivity index (χ0) is 15.5. The minimum absolute atomic E-state index is 0.00513. The molecule has 2 aliphatic rings. The zero-order valence-corrected chi connectivity index (χ0v) is 12.5. The molecular formula is C17H22N2O3. The SMILES string of the molecule is O=C(O)NC1CC1c1ccc(C(=O)NC2CCCCC2)cc1. The Bertz CT molecular complexity index is 550. The Balaban J connectivity index is 1.55. The number of amides is 2. The first-order valence-corrected chi connectivity index (χ1v) is 8.04. The summed E-state index contributed by atoms with van der Waals surface area (Å²) in [4.78, 5) is 22.8. The molecule has 0 aromatic heterocycles. The third-order valence-electron chi connectivity index (χ3n) is 4.64. The van der Waals surface area contributed by atoms with Gasteiger partial charge in [0, 0.05) is 23.6 Å². The Kier molecular flexibility index (Phi) is 4.32. The lowest BCUT2D eigenvalue weighted by Crippen LogP contribution is -2.36. The van der Waals surface area contributed by atoms with E-state index in [2.05, 4.69) is 10.6 Å². The number of nitrogens with one attached hydrogen (secondary N) is 2. The number of rotatable bonds is 4. The molecule has 0 spiro atoms. The highest BCUT2D eigenvalue weighted by atomic mass is 16.4. The van der Waals surface area contributed by atoms with Crippen LogP contribution in [0.4, 0.5) is 4.79 Å². The van der Waals surface area contributed by atoms with Crippen molar-refractivity contribution in [2.24, 2.45) is 0 Å². The van der Waals surface area contributed by atoms with E-state index < -0.39 is 6.09 Å². The molecule has 5 nitrogen and oxygen atoms in total. The van der Waals surface area contributed by atoms with Crippen LogP contribution in [0.5, 0.6) is 0 Å². The van der Waals surface area contributed by atoms with Crippen LogP contribution in [0.2, 0.25) is 0 Å². The van der Waals surface area contributed by atoms with Crippen molar-refractivity contribution in [1.29, 1.82) is 0 Å². The van der Waals surface area contributed by atoms with Crippen LogP contribution in [0.15, 0.2) is 24.3 Å². The second kappa shape index (κ2) is 6.38. The van der Waals surface area contributed by atoms with Crippen molar-refractivity contribution in [1.82, 2.24) is 10.6 Å². The van der Waals surface area contributed by atoms with Crippen LogP contribution in [0.1, 0.15) is 60.4 Å². The molecule has 2 amide bonds. The lowest BCUT2D eigenvalue weighted by Gasteiger charge is -2.22. The van der Waals surface area contributed by atoms with Crippen LogP contribution in [-0.4, -0.2) is 29.2 Å². The molecule has 2 aliphatic carbocycles. The van der Waals surface area contributed by atoms with Crippen LogP contribution >= 0.6 is 0 Å². The first-order valence-electron chi connectivity index (χ1n) is 8.04. The average molecular weight is 302 g/mol. The van der Waals surface area contributed by atoms with E-state index in [0.29, 0.717) is 11.6 Å². The van der Waals surface area contributed by atoms with E-state index >= 15 is 0 Å². The van der Waals surface area contributed by atoms with Crippen molar-refractivity contribution in [3.63, 3.8) is 0 Å². The third kappa shape index (κ3) is 3.59. The molecule has 0 bridgehead atoms. The molecule has 5 heteroatoms. The summed E-state index contributed by atoms with van der Waals surface area (Å²) in [5, 5.41) is 14.3. The first kappa shape index (κ1) is 14.9. The highest BCUT2D eigenvalue weighted by Gasteiger charge is 2.39. The van der Waals surface area contributed by atoms with Gasteiger partial charge in [-0.05, 0) is 37.0 Å². The molecule has 2 atom stereocenters. The summed E-state index contributed by atoms with van der Waals surface area (Å²) in [6.07, 6.45) is 5.68. The minimum Gasteiger partial charge on any atom is -0.465 e. The van der Waals surface area contributed by atoms with Gasteiger partial charge in [-0.15, -0.1) is 0 Å². The predicted molar refractivity (Wildman–Crippen MR) is 83.1 cm³/mol. The largest absolute Gasteiger partial charge is 0.465 e. The summed E-state index contributed by atoms with van der Waals surface area (Å²) >= 11 is 0. The molecule has 0 heterocycles. The summed E-state index contributed by atoms with van der Waals surface area (Å²) in [6, 6.07) is 7.87. The maximum atomic E-state index is 12.2. The van der Waals surface area contributed by atoms with Gasteiger partial charge in [-0.3, -0.25) is 4.79 Å². The fourth-order valence-electron chi connectivity index (χ4n) is 3.28. The van der Waals surface area contributed by atoms with E-state index in [1.807, 2.05) is 24.3 Å². The van der Waals surface area contributed by atoms with Crippen molar-refractivity contribution in [3.8, 4) is 0 Å². The summed E-state index contributed by atoms with van der Waals surface area (Å²) in [7, 11) is 0. The summed E-state index contributed by atoms with van der Waals surface area (Å²) < 4.78 is 0. The van der Waals surface area contributed by atoms with Crippen molar-refractivity contribution >= 4 is 12.0 Å². The van der Waals surface area contributed by atoms with Gasteiger partial charge in [0.15, 0.2) is 0 Å². The van der Waals surface area contributed by atoms with Gasteiger partial charge in [0.05, 0.1) is 0 Å². The van der Waals surface area contributed by atoms with Crippen LogP contribution in [0.25, 0.3) is 0 Å². The summed E-state index contributed by atoms with van der Waals surface area (Å²) in [6.45, 7) is 0. The van der Waals surface area contributed by atoms with Crippen LogP contribution in [-0.2, 0) is 0 Å². The van der Waals surface area contributed by atoms with Gasteiger partial charge in [-0.25, -0.2) is 4.79 Å². The molecular weight excluding hydrogens is 280 g/mol. The van der Waals surface area contributed by atoms with Crippen molar-refractivity contribution in [3.05, 3.63) is 35.4 Å². The van der Waals surface area contributed by atoms with Crippen LogP contribution in [0.3, 0.4) is 0 Å². The van der Waals surface area contributed by atoms with E-state index in [0.717, 1.165) is 24.8 Å². The predicted octanol–water partition coefficient (Wildman–Crippen LogP) is 2.87. The number of carboxylic acid groups (broad SMARTS) is 1. The standard InChI is InChI=1S/C17H22N2O3/c20-16(18-13-4-2-1-3-5-13)12-8-6-11(7-9-12)14-10-15(14)19-17(21)22/h6-9,13-15,19H,1-5,10H2,(H,18,20)(H,21,22). The molecule has 2 unspecified atom stereocenters. The van der Waals surface area contributed by atoms with Gasteiger partial charge in [-0.2, -0.15) is 0 Å². The Morgan fingerprint density at radius 2 is 1.68 bits per heavy atom. The minimum atomic E-state index is -0.976. The topological polar surface area (TPSA) is 78.4 Å². The fourth-order valence-corrected chi connectivity index (χ4v) is 3.28. The highest BCUT2D eigenvalue weighted by molar-refractivity contribution is 5.94. The maximum Gasteiger partial charge on any atom is 0.404 e. The van der Waals surface area contributed by atoms with E-state index in [-0.39, 0.29) is 17.9 Å². The van der Waals surface area contributed by atoms with E-state index in [4.69, 9.17) is 5.11 Å². The van der Waals surface area contributed by atoms with Crippen LogP contribution in [0, 0.1) is 0 Å². The lowest BCUT2D eigenvalue weighted by molar-refractivity contribution is 0.0927. The number of carbonyl (C=O) groups excluding carboxylic acids is 1. The number of carbonyl (C=O) groups is 2. The first-order chi connectivity index (χ1) is 10.6. The van der Waals surface area contributed by atoms with Crippen molar-refractivity contribution in [2.45, 2.75) is 56.5 Å². The molecule has 2 fully saturated rings. The molecule has 0 radical (unpaired) electrons. The van der Waals surface area contributed by atoms with Crippen LogP contribution < -0.4 is 10.6 Å². The highest BCUT2D eigenvalue weighted by Crippen LogP contribution is 2.40. The monoisotopic (exact) mass is 302 g/mol. The molecule has 22 heavy (non-hydrogen) atoms. The molecule has 2 saturated carbocycles. The van der Waals surface area contributed by atoms with Crippen molar-refractivity contribution in [2.75, 3.05) is 0 Å². The number of hydrogen-bond acceptors (Lipinski definition) is 2. The smallest absolute Gasteiger partial charge is 0.404 e. The van der Waals surface area contributed by atoms with Gasteiger partial charge >= 0.3 is 6.09 Å². The molecule has 1 aromatic carbocycles. The molecule has 0 aliphatic heterocycles. The molecule has 3 N–H and O–H groups in total. The van der Waals surface area contributed by atoms with Gasteiger partial charge in [0.2, 0.25) is 0 Å². The summed E-state index contributed by atoms with van der Waals surface area (Å²) in [5.41, 5.74) is 1.77. The summed E-state index contributed by atoms with van der Waals surface area (Å²) in [5.74, 6) is 0.237. The third-order valence-corrected chi connectivity index (χ3v) is 4.64. The molecule has 0 saturated heterocycles. The fraction of sp³-hybridized carbons (Fsp3) is 0.529. The van der Waals surface area contributed by atoms with Gasteiger partial charge in [0.25, 0.3) is 5.91 Å². The number of benzene rings is 1. The zero-order valence-electron chi connectivity index (χ0n) is 12.5. The molecule has 3 rings (SSSR count). The Hall–Kier alpha value is -2.04. The Morgan fingerprint density at radius 3 is 2.32 bits per heavy atom. The second-order valence-electron chi connectivity index (χ2n) is 6.33. The van der Waals surface area contributed by atoms with Crippen molar-refractivity contribution < 1.29 is 14.7 Å². The second-order valence-corrected chi connectivity index (χ2v) is 6.33. The molecule has 118 valence electrons. The van der Waals surface area contributed by atoms with E-state index in [9.17, 15) is 9.59 Å². The maximum absolute atomic E-state index is 12.2. The van der Waals surface area contributed by atoms with E-state index in [1.165, 1.54) is 19.3 Å². The Labute approximate surface area is 130 Å². The van der Waals surface area contributed by atoms with Gasteiger partial charge < -0.3 is 15.7 Å². The number of hydrogen-bond donors (Lipinski definition) is 3. The van der Waals surface area contributed by atoms with E-state index in [1.54, 1.807) is 0 Å². The Morgan fingerprint density at radius 1 is 1.00 bits per heavy atom. The normalized spacial score (nSPS) is 24.5. The van der Waals surface area contributed by atoms with Gasteiger partial charge in [0.1, 0.15) is 0 Å². The average Bonchev–Trinajstić information content (AvgIpc) is 3.27. The quantitative estimate of drug-likeness (QED) is 0.800. The lowest BCUT2D eigenvalue weighted by atomic mass is 9.95. The van der Waals surface area contributed by atoms with Gasteiger partial charge in [-0.1, -0.05) is 31.4 Å². The molecule has 1 aromatic rings.